The van der Waals surface area contributed by atoms with Crippen LogP contribution in [0.2, 0.25) is 5.02 Å². The van der Waals surface area contributed by atoms with E-state index in [1.165, 1.54) is 0 Å². The molecular formula is C12H16ClN5. The van der Waals surface area contributed by atoms with Crippen molar-refractivity contribution >= 4 is 17.2 Å². The first-order chi connectivity index (χ1) is 8.70. The van der Waals surface area contributed by atoms with Gasteiger partial charge < -0.3 is 4.90 Å². The van der Waals surface area contributed by atoms with E-state index in [0.717, 1.165) is 44.2 Å². The van der Waals surface area contributed by atoms with Gasteiger partial charge in [-0.05, 0) is 19.2 Å². The molecule has 6 heteroatoms. The molecule has 18 heavy (non-hydrogen) atoms. The molecule has 0 bridgehead atoms. The lowest BCUT2D eigenvalue weighted by atomic mass is 10.3. The standard InChI is InChI=1S/C12H16ClN5/c1-16-4-6-17(7-5-16)9-11-14-12-3-2-10(13)8-18(12)15-11/h2-3,8H,4-7,9H2,1H3. The van der Waals surface area contributed by atoms with E-state index < -0.39 is 0 Å². The van der Waals surface area contributed by atoms with E-state index in [1.807, 2.05) is 12.1 Å². The van der Waals surface area contributed by atoms with Gasteiger partial charge in [-0.25, -0.2) is 9.50 Å². The lowest BCUT2D eigenvalue weighted by Crippen LogP contribution is -2.44. The van der Waals surface area contributed by atoms with Crippen molar-refractivity contribution in [3.8, 4) is 0 Å². The molecule has 0 N–H and O–H groups in total. The van der Waals surface area contributed by atoms with Crippen LogP contribution in [-0.2, 0) is 6.54 Å². The number of hydrogen-bond donors (Lipinski definition) is 0. The fourth-order valence-corrected chi connectivity index (χ4v) is 2.33. The highest BCUT2D eigenvalue weighted by Crippen LogP contribution is 2.11. The van der Waals surface area contributed by atoms with Crippen molar-refractivity contribution in [3.05, 3.63) is 29.2 Å². The van der Waals surface area contributed by atoms with Crippen molar-refractivity contribution in [2.75, 3.05) is 33.2 Å². The summed E-state index contributed by atoms with van der Waals surface area (Å²) in [5.41, 5.74) is 0.850. The third-order valence-electron chi connectivity index (χ3n) is 3.30. The molecular weight excluding hydrogens is 250 g/mol. The Kier molecular flexibility index (Phi) is 3.20. The molecule has 1 fully saturated rings. The first kappa shape index (κ1) is 11.9. The van der Waals surface area contributed by atoms with Crippen LogP contribution in [0.4, 0.5) is 0 Å². The maximum atomic E-state index is 5.93. The van der Waals surface area contributed by atoms with Gasteiger partial charge in [0.05, 0.1) is 11.6 Å². The van der Waals surface area contributed by atoms with E-state index in [2.05, 4.69) is 26.9 Å². The van der Waals surface area contributed by atoms with Gasteiger partial charge in [0.1, 0.15) is 0 Å². The first-order valence-electron chi connectivity index (χ1n) is 6.12. The van der Waals surface area contributed by atoms with Gasteiger partial charge in [0.2, 0.25) is 0 Å². The highest BCUT2D eigenvalue weighted by molar-refractivity contribution is 6.30. The van der Waals surface area contributed by atoms with Gasteiger partial charge >= 0.3 is 0 Å². The highest BCUT2D eigenvalue weighted by atomic mass is 35.5. The zero-order valence-electron chi connectivity index (χ0n) is 10.4. The average molecular weight is 266 g/mol. The molecule has 2 aromatic heterocycles. The molecule has 0 saturated carbocycles. The van der Waals surface area contributed by atoms with Crippen LogP contribution >= 0.6 is 11.6 Å². The Morgan fingerprint density at radius 2 is 2.00 bits per heavy atom. The van der Waals surface area contributed by atoms with Crippen LogP contribution < -0.4 is 0 Å². The molecule has 0 amide bonds. The third-order valence-corrected chi connectivity index (χ3v) is 3.52. The second-order valence-electron chi connectivity index (χ2n) is 4.76. The molecule has 1 saturated heterocycles. The molecule has 0 spiro atoms. The van der Waals surface area contributed by atoms with Crippen molar-refractivity contribution in [3.63, 3.8) is 0 Å². The van der Waals surface area contributed by atoms with E-state index >= 15 is 0 Å². The minimum absolute atomic E-state index is 0.679. The Hall–Kier alpha value is -1.17. The van der Waals surface area contributed by atoms with Gasteiger partial charge in [-0.3, -0.25) is 4.90 Å². The summed E-state index contributed by atoms with van der Waals surface area (Å²) in [5.74, 6) is 0.863. The smallest absolute Gasteiger partial charge is 0.165 e. The molecule has 3 heterocycles. The fourth-order valence-electron chi connectivity index (χ4n) is 2.18. The Bertz CT molecular complexity index is 544. The van der Waals surface area contributed by atoms with E-state index in [4.69, 9.17) is 11.6 Å². The van der Waals surface area contributed by atoms with Crippen molar-refractivity contribution in [1.29, 1.82) is 0 Å². The van der Waals surface area contributed by atoms with Crippen LogP contribution in [-0.4, -0.2) is 57.6 Å². The van der Waals surface area contributed by atoms with Crippen LogP contribution in [0.3, 0.4) is 0 Å². The second-order valence-corrected chi connectivity index (χ2v) is 5.19. The molecule has 1 aliphatic heterocycles. The number of halogens is 1. The summed E-state index contributed by atoms with van der Waals surface area (Å²) in [6.45, 7) is 5.19. The number of nitrogens with zero attached hydrogens (tertiary/aromatic N) is 5. The molecule has 0 aromatic carbocycles. The lowest BCUT2D eigenvalue weighted by Gasteiger charge is -2.31. The third kappa shape index (κ3) is 2.48. The van der Waals surface area contributed by atoms with Crippen molar-refractivity contribution in [2.45, 2.75) is 6.54 Å². The van der Waals surface area contributed by atoms with Gasteiger partial charge in [0, 0.05) is 32.4 Å². The van der Waals surface area contributed by atoms with Crippen LogP contribution in [0.1, 0.15) is 5.82 Å². The van der Waals surface area contributed by atoms with E-state index in [-0.39, 0.29) is 0 Å². The Morgan fingerprint density at radius 1 is 1.22 bits per heavy atom. The minimum atomic E-state index is 0.679. The molecule has 5 nitrogen and oxygen atoms in total. The predicted octanol–water partition coefficient (Wildman–Crippen LogP) is 1.13. The van der Waals surface area contributed by atoms with Gasteiger partial charge in [0.15, 0.2) is 11.5 Å². The maximum absolute atomic E-state index is 5.93. The van der Waals surface area contributed by atoms with Crippen molar-refractivity contribution < 1.29 is 0 Å². The summed E-state index contributed by atoms with van der Waals surface area (Å²) in [6, 6.07) is 3.73. The van der Waals surface area contributed by atoms with Crippen molar-refractivity contribution in [2.24, 2.45) is 0 Å². The lowest BCUT2D eigenvalue weighted by molar-refractivity contribution is 0.145. The summed E-state index contributed by atoms with van der Waals surface area (Å²) >= 11 is 5.93. The predicted molar refractivity (Wildman–Crippen MR) is 70.8 cm³/mol. The van der Waals surface area contributed by atoms with E-state index in [1.54, 1.807) is 10.7 Å². The SMILES string of the molecule is CN1CCN(Cc2nc3ccc(Cl)cn3n2)CC1. The Balaban J connectivity index is 1.74. The molecule has 0 aliphatic carbocycles. The number of pyridine rings is 1. The maximum Gasteiger partial charge on any atom is 0.165 e. The Morgan fingerprint density at radius 3 is 2.78 bits per heavy atom. The van der Waals surface area contributed by atoms with E-state index in [0.29, 0.717) is 5.02 Å². The first-order valence-corrected chi connectivity index (χ1v) is 6.50. The van der Waals surface area contributed by atoms with Gasteiger partial charge in [0.25, 0.3) is 0 Å². The number of fused-ring (bicyclic) bond motifs is 1. The van der Waals surface area contributed by atoms with Crippen LogP contribution in [0.5, 0.6) is 0 Å². The second kappa shape index (κ2) is 4.84. The average Bonchev–Trinajstić information content (AvgIpc) is 2.73. The summed E-state index contributed by atoms with van der Waals surface area (Å²) < 4.78 is 1.74. The quantitative estimate of drug-likeness (QED) is 0.816. The molecule has 3 rings (SSSR count). The van der Waals surface area contributed by atoms with Gasteiger partial charge in [-0.1, -0.05) is 11.6 Å². The monoisotopic (exact) mass is 265 g/mol. The highest BCUT2D eigenvalue weighted by Gasteiger charge is 2.15. The Labute approximate surface area is 111 Å². The summed E-state index contributed by atoms with van der Waals surface area (Å²) in [7, 11) is 2.16. The molecule has 96 valence electrons. The van der Waals surface area contributed by atoms with Gasteiger partial charge in [-0.15, -0.1) is 5.10 Å². The molecule has 0 radical (unpaired) electrons. The number of piperazine rings is 1. The number of hydrogen-bond acceptors (Lipinski definition) is 4. The zero-order chi connectivity index (χ0) is 12.5. The largest absolute Gasteiger partial charge is 0.304 e. The topological polar surface area (TPSA) is 36.7 Å². The normalized spacial score (nSPS) is 18.6. The molecule has 0 unspecified atom stereocenters. The number of aromatic nitrogens is 3. The molecule has 1 aliphatic rings. The van der Waals surface area contributed by atoms with Crippen LogP contribution in [0, 0.1) is 0 Å². The van der Waals surface area contributed by atoms with Gasteiger partial charge in [-0.2, -0.15) is 0 Å². The number of rotatable bonds is 2. The fraction of sp³-hybridized carbons (Fsp3) is 0.500. The minimum Gasteiger partial charge on any atom is -0.304 e. The molecule has 0 atom stereocenters. The number of likely N-dealkylation sites (N-methyl/N-ethyl adjacent to an activating group) is 1. The summed E-state index contributed by atoms with van der Waals surface area (Å²) in [6.07, 6.45) is 1.79. The van der Waals surface area contributed by atoms with Crippen LogP contribution in [0.25, 0.3) is 5.65 Å². The van der Waals surface area contributed by atoms with Crippen molar-refractivity contribution in [1.82, 2.24) is 24.4 Å². The zero-order valence-corrected chi connectivity index (χ0v) is 11.1. The molecule has 2 aromatic rings. The van der Waals surface area contributed by atoms with Crippen LogP contribution in [0.15, 0.2) is 18.3 Å². The summed E-state index contributed by atoms with van der Waals surface area (Å²) in [5, 5.41) is 5.13. The summed E-state index contributed by atoms with van der Waals surface area (Å²) in [4.78, 5) is 9.23. The van der Waals surface area contributed by atoms with E-state index in [9.17, 15) is 0 Å².